The third kappa shape index (κ3) is 1.29. The van der Waals surface area contributed by atoms with E-state index in [1.807, 2.05) is 0 Å². The van der Waals surface area contributed by atoms with Crippen LogP contribution in [0.25, 0.3) is 0 Å². The van der Waals surface area contributed by atoms with Gasteiger partial charge in [0, 0.05) is 6.42 Å². The molecule has 0 amide bonds. The van der Waals surface area contributed by atoms with Crippen LogP contribution in [0.3, 0.4) is 0 Å². The van der Waals surface area contributed by atoms with E-state index in [0.717, 1.165) is 0 Å². The molecular weight excluding hydrogens is 110 g/mol. The molecule has 0 aliphatic heterocycles. The van der Waals surface area contributed by atoms with Crippen molar-refractivity contribution in [2.45, 2.75) is 25.4 Å². The normalized spacial score (nSPS) is 29.8. The lowest BCUT2D eigenvalue weighted by Gasteiger charge is -2.08. The molecule has 1 aliphatic rings. The predicted molar refractivity (Wildman–Crippen MR) is 27.9 cm³/mol. The molecule has 0 spiro atoms. The lowest BCUT2D eigenvalue weighted by molar-refractivity contribution is 0.295. The largest absolute Gasteiger partial charge is 0.247 e. The maximum absolute atomic E-state index is 12.1. The van der Waals surface area contributed by atoms with Crippen molar-refractivity contribution in [1.82, 2.24) is 0 Å². The molecule has 2 heteroatoms. The zero-order valence-electron chi connectivity index (χ0n) is 4.53. The van der Waals surface area contributed by atoms with Crippen LogP contribution in [0.15, 0.2) is 11.9 Å². The van der Waals surface area contributed by atoms with Crippen molar-refractivity contribution >= 4 is 0 Å². The topological polar surface area (TPSA) is 0 Å². The van der Waals surface area contributed by atoms with Gasteiger partial charge in [-0.1, -0.05) is 6.08 Å². The van der Waals surface area contributed by atoms with E-state index in [9.17, 15) is 8.78 Å². The van der Waals surface area contributed by atoms with Gasteiger partial charge in [-0.25, -0.2) is 8.78 Å². The molecular formula is C6H8F2. The summed E-state index contributed by atoms with van der Waals surface area (Å²) in [6, 6.07) is 0. The van der Waals surface area contributed by atoms with Crippen molar-refractivity contribution in [3.05, 3.63) is 11.9 Å². The van der Waals surface area contributed by atoms with Crippen LogP contribution in [0.5, 0.6) is 0 Å². The van der Waals surface area contributed by atoms with Crippen LogP contribution in [-0.4, -0.2) is 6.17 Å². The van der Waals surface area contributed by atoms with E-state index in [1.54, 1.807) is 0 Å². The third-order valence-corrected chi connectivity index (χ3v) is 1.29. The molecule has 0 saturated carbocycles. The van der Waals surface area contributed by atoms with Crippen LogP contribution in [-0.2, 0) is 0 Å². The van der Waals surface area contributed by atoms with Gasteiger partial charge in [0.15, 0.2) is 0 Å². The van der Waals surface area contributed by atoms with Crippen LogP contribution in [0.2, 0.25) is 0 Å². The number of hydrogen-bond acceptors (Lipinski definition) is 0. The van der Waals surface area contributed by atoms with E-state index >= 15 is 0 Å². The molecule has 1 atom stereocenters. The van der Waals surface area contributed by atoms with Gasteiger partial charge >= 0.3 is 0 Å². The number of allylic oxidation sites excluding steroid dienone is 2. The summed E-state index contributed by atoms with van der Waals surface area (Å²) in [5.74, 6) is -0.154. The summed E-state index contributed by atoms with van der Waals surface area (Å²) < 4.78 is 24.2. The molecule has 0 aromatic carbocycles. The van der Waals surface area contributed by atoms with Gasteiger partial charge in [-0.3, -0.25) is 0 Å². The molecule has 0 heterocycles. The monoisotopic (exact) mass is 118 g/mol. The van der Waals surface area contributed by atoms with Gasteiger partial charge in [-0.2, -0.15) is 0 Å². The second kappa shape index (κ2) is 2.25. The van der Waals surface area contributed by atoms with E-state index in [0.29, 0.717) is 12.8 Å². The zero-order chi connectivity index (χ0) is 5.98. The maximum atomic E-state index is 12.1. The fourth-order valence-corrected chi connectivity index (χ4v) is 0.770. The van der Waals surface area contributed by atoms with Gasteiger partial charge < -0.3 is 0 Å². The first kappa shape index (κ1) is 5.73. The lowest BCUT2D eigenvalue weighted by Crippen LogP contribution is -2.02. The first-order valence-electron chi connectivity index (χ1n) is 2.77. The second-order valence-electron chi connectivity index (χ2n) is 2.02. The molecule has 1 aliphatic carbocycles. The minimum absolute atomic E-state index is 0.154. The first-order valence-corrected chi connectivity index (χ1v) is 2.77. The Morgan fingerprint density at radius 2 is 2.38 bits per heavy atom. The molecule has 1 rings (SSSR count). The van der Waals surface area contributed by atoms with Crippen molar-refractivity contribution in [2.24, 2.45) is 0 Å². The first-order chi connectivity index (χ1) is 3.79. The minimum Gasteiger partial charge on any atom is -0.247 e. The summed E-state index contributed by atoms with van der Waals surface area (Å²) >= 11 is 0. The van der Waals surface area contributed by atoms with E-state index in [4.69, 9.17) is 0 Å². The molecule has 0 bridgehead atoms. The number of rotatable bonds is 0. The lowest BCUT2D eigenvalue weighted by atomic mass is 10.1. The van der Waals surface area contributed by atoms with Gasteiger partial charge in [0.05, 0.1) is 5.83 Å². The van der Waals surface area contributed by atoms with Crippen LogP contribution < -0.4 is 0 Å². The van der Waals surface area contributed by atoms with Crippen LogP contribution >= 0.6 is 0 Å². The highest BCUT2D eigenvalue weighted by Gasteiger charge is 2.11. The molecule has 46 valence electrons. The quantitative estimate of drug-likeness (QED) is 0.458. The summed E-state index contributed by atoms with van der Waals surface area (Å²) in [4.78, 5) is 0. The molecule has 0 saturated heterocycles. The SMILES string of the molecule is FC1=CCC(F)CC1. The van der Waals surface area contributed by atoms with Crippen LogP contribution in [0.4, 0.5) is 8.78 Å². The second-order valence-corrected chi connectivity index (χ2v) is 2.02. The van der Waals surface area contributed by atoms with Crippen molar-refractivity contribution in [1.29, 1.82) is 0 Å². The predicted octanol–water partition coefficient (Wildman–Crippen LogP) is 2.36. The average Bonchev–Trinajstić information content (AvgIpc) is 1.77. The number of alkyl halides is 1. The molecule has 0 aromatic rings. The van der Waals surface area contributed by atoms with Gasteiger partial charge in [0.2, 0.25) is 0 Å². The van der Waals surface area contributed by atoms with E-state index in [1.165, 1.54) is 6.08 Å². The Morgan fingerprint density at radius 1 is 1.62 bits per heavy atom. The highest BCUT2D eigenvalue weighted by molar-refractivity contribution is 4.97. The Labute approximate surface area is 47.2 Å². The fraction of sp³-hybridized carbons (Fsp3) is 0.667. The Morgan fingerprint density at radius 3 is 2.75 bits per heavy atom. The zero-order valence-corrected chi connectivity index (χ0v) is 4.53. The van der Waals surface area contributed by atoms with E-state index in [2.05, 4.69) is 0 Å². The summed E-state index contributed by atoms with van der Waals surface area (Å²) in [5, 5.41) is 0. The van der Waals surface area contributed by atoms with Crippen molar-refractivity contribution in [2.75, 3.05) is 0 Å². The minimum atomic E-state index is -0.797. The number of hydrogen-bond donors (Lipinski definition) is 0. The summed E-state index contributed by atoms with van der Waals surface area (Å²) in [6.45, 7) is 0. The Kier molecular flexibility index (Phi) is 1.61. The summed E-state index contributed by atoms with van der Waals surface area (Å²) in [5.41, 5.74) is 0. The van der Waals surface area contributed by atoms with Gasteiger partial charge in [0.25, 0.3) is 0 Å². The molecule has 0 radical (unpaired) electrons. The average molecular weight is 118 g/mol. The maximum Gasteiger partial charge on any atom is 0.104 e. The highest BCUT2D eigenvalue weighted by atomic mass is 19.1. The van der Waals surface area contributed by atoms with E-state index < -0.39 is 6.17 Å². The third-order valence-electron chi connectivity index (χ3n) is 1.29. The standard InChI is InChI=1S/C6H8F2/c7-5-1-2-6(8)4-3-5/h1,6H,2-4H2. The molecule has 0 aromatic heterocycles. The van der Waals surface area contributed by atoms with Gasteiger partial charge in [-0.05, 0) is 12.8 Å². The van der Waals surface area contributed by atoms with Crippen LogP contribution in [0.1, 0.15) is 19.3 Å². The fourth-order valence-electron chi connectivity index (χ4n) is 0.770. The molecule has 1 unspecified atom stereocenters. The highest BCUT2D eigenvalue weighted by Crippen LogP contribution is 2.20. The summed E-state index contributed by atoms with van der Waals surface area (Å²) in [7, 11) is 0. The van der Waals surface area contributed by atoms with Crippen LogP contribution in [0, 0.1) is 0 Å². The Balaban J connectivity index is 2.42. The molecule has 8 heavy (non-hydrogen) atoms. The molecule has 0 nitrogen and oxygen atoms in total. The summed E-state index contributed by atoms with van der Waals surface area (Å²) in [6.07, 6.45) is 1.46. The van der Waals surface area contributed by atoms with Gasteiger partial charge in [-0.15, -0.1) is 0 Å². The Hall–Kier alpha value is -0.400. The number of halogens is 2. The van der Waals surface area contributed by atoms with Crippen molar-refractivity contribution in [3.63, 3.8) is 0 Å². The van der Waals surface area contributed by atoms with E-state index in [-0.39, 0.29) is 12.2 Å². The smallest absolute Gasteiger partial charge is 0.104 e. The molecule has 0 N–H and O–H groups in total. The molecule has 0 fully saturated rings. The van der Waals surface area contributed by atoms with Crippen molar-refractivity contribution < 1.29 is 8.78 Å². The van der Waals surface area contributed by atoms with Gasteiger partial charge in [0.1, 0.15) is 6.17 Å². The van der Waals surface area contributed by atoms with Crippen molar-refractivity contribution in [3.8, 4) is 0 Å². The Bertz CT molecular complexity index is 107.